The fraction of sp³-hybridized carbons (Fsp3) is 0.750. The molecule has 0 aromatic carbocycles. The van der Waals surface area contributed by atoms with E-state index in [2.05, 4.69) is 13.8 Å². The first kappa shape index (κ1) is 10.5. The topological polar surface area (TPSA) is 17.1 Å². The molecule has 1 fully saturated rings. The molecule has 0 heterocycles. The third kappa shape index (κ3) is 2.98. The lowest BCUT2D eigenvalue weighted by Crippen LogP contribution is -2.16. The van der Waals surface area contributed by atoms with Crippen LogP contribution in [0.1, 0.15) is 46.5 Å². The Morgan fingerprint density at radius 1 is 1.46 bits per heavy atom. The van der Waals surface area contributed by atoms with Crippen molar-refractivity contribution in [3.05, 3.63) is 11.6 Å². The highest BCUT2D eigenvalue weighted by molar-refractivity contribution is 5.88. The normalized spacial score (nSPS) is 26.8. The van der Waals surface area contributed by atoms with Crippen molar-refractivity contribution in [1.29, 1.82) is 0 Å². The second-order valence-corrected chi connectivity index (χ2v) is 4.43. The minimum Gasteiger partial charge on any atom is -0.295 e. The van der Waals surface area contributed by atoms with Gasteiger partial charge in [-0.15, -0.1) is 0 Å². The number of allylic oxidation sites excluding steroid dienone is 2. The zero-order valence-corrected chi connectivity index (χ0v) is 8.97. The third-order valence-corrected chi connectivity index (χ3v) is 2.90. The molecule has 0 saturated heterocycles. The van der Waals surface area contributed by atoms with Gasteiger partial charge in [0.25, 0.3) is 0 Å². The van der Waals surface area contributed by atoms with Gasteiger partial charge in [0.2, 0.25) is 0 Å². The maximum Gasteiger partial charge on any atom is 0.152 e. The molecule has 0 aromatic rings. The highest BCUT2D eigenvalue weighted by Gasteiger charge is 2.21. The minimum atomic E-state index is 0.211. The molecule has 1 unspecified atom stereocenters. The van der Waals surface area contributed by atoms with Crippen LogP contribution in [0, 0.1) is 11.8 Å². The fourth-order valence-corrected chi connectivity index (χ4v) is 2.27. The molecule has 0 spiro atoms. The standard InChI is InChI=1S/C12H20O/c1-9(2)12-7-5-4-6-11(12)8-10(3)13/h8-9,12H,4-7H2,1-3H3. The molecule has 0 aliphatic heterocycles. The van der Waals surface area contributed by atoms with Crippen LogP contribution in [-0.4, -0.2) is 5.78 Å². The molecule has 74 valence electrons. The van der Waals surface area contributed by atoms with Gasteiger partial charge < -0.3 is 0 Å². The fourth-order valence-electron chi connectivity index (χ4n) is 2.27. The van der Waals surface area contributed by atoms with E-state index >= 15 is 0 Å². The van der Waals surface area contributed by atoms with Gasteiger partial charge in [-0.3, -0.25) is 4.79 Å². The molecule has 1 nitrogen and oxygen atoms in total. The van der Waals surface area contributed by atoms with E-state index in [4.69, 9.17) is 0 Å². The first-order chi connectivity index (χ1) is 6.11. The molecule has 0 radical (unpaired) electrons. The molecule has 1 heteroatoms. The van der Waals surface area contributed by atoms with Crippen LogP contribution >= 0.6 is 0 Å². The largest absolute Gasteiger partial charge is 0.295 e. The van der Waals surface area contributed by atoms with Crippen molar-refractivity contribution in [2.24, 2.45) is 11.8 Å². The highest BCUT2D eigenvalue weighted by Crippen LogP contribution is 2.34. The van der Waals surface area contributed by atoms with Crippen molar-refractivity contribution in [3.8, 4) is 0 Å². The predicted molar refractivity (Wildman–Crippen MR) is 55.6 cm³/mol. The van der Waals surface area contributed by atoms with Crippen LogP contribution in [0.5, 0.6) is 0 Å². The van der Waals surface area contributed by atoms with E-state index in [9.17, 15) is 4.79 Å². The zero-order chi connectivity index (χ0) is 9.84. The van der Waals surface area contributed by atoms with Crippen molar-refractivity contribution in [2.45, 2.75) is 46.5 Å². The van der Waals surface area contributed by atoms with Crippen molar-refractivity contribution in [3.63, 3.8) is 0 Å². The molecule has 1 saturated carbocycles. The highest BCUT2D eigenvalue weighted by atomic mass is 16.1. The van der Waals surface area contributed by atoms with E-state index in [-0.39, 0.29) is 5.78 Å². The number of rotatable bonds is 2. The van der Waals surface area contributed by atoms with Gasteiger partial charge in [-0.05, 0) is 44.1 Å². The molecule has 13 heavy (non-hydrogen) atoms. The Morgan fingerprint density at radius 3 is 2.69 bits per heavy atom. The van der Waals surface area contributed by atoms with Crippen LogP contribution in [0.25, 0.3) is 0 Å². The van der Waals surface area contributed by atoms with Gasteiger partial charge in [0, 0.05) is 0 Å². The lowest BCUT2D eigenvalue weighted by Gasteiger charge is -2.28. The first-order valence-electron chi connectivity index (χ1n) is 5.32. The summed E-state index contributed by atoms with van der Waals surface area (Å²) < 4.78 is 0. The molecule has 1 aliphatic rings. The smallest absolute Gasteiger partial charge is 0.152 e. The van der Waals surface area contributed by atoms with Gasteiger partial charge in [-0.2, -0.15) is 0 Å². The summed E-state index contributed by atoms with van der Waals surface area (Å²) in [5, 5.41) is 0. The van der Waals surface area contributed by atoms with Crippen molar-refractivity contribution in [1.82, 2.24) is 0 Å². The average Bonchev–Trinajstić information content (AvgIpc) is 2.03. The van der Waals surface area contributed by atoms with Crippen LogP contribution in [0.15, 0.2) is 11.6 Å². The Morgan fingerprint density at radius 2 is 2.15 bits per heavy atom. The SMILES string of the molecule is CC(=O)C=C1CCCCC1C(C)C. The summed E-state index contributed by atoms with van der Waals surface area (Å²) in [4.78, 5) is 11.0. The quantitative estimate of drug-likeness (QED) is 0.596. The maximum absolute atomic E-state index is 11.0. The molecular formula is C12H20O. The molecule has 1 atom stereocenters. The molecule has 1 rings (SSSR count). The van der Waals surface area contributed by atoms with E-state index in [1.165, 1.54) is 24.8 Å². The van der Waals surface area contributed by atoms with Gasteiger partial charge in [0.15, 0.2) is 5.78 Å². The van der Waals surface area contributed by atoms with Gasteiger partial charge in [-0.25, -0.2) is 0 Å². The van der Waals surface area contributed by atoms with E-state index in [0.717, 1.165) is 6.42 Å². The van der Waals surface area contributed by atoms with E-state index < -0.39 is 0 Å². The van der Waals surface area contributed by atoms with Gasteiger partial charge in [-0.1, -0.05) is 25.8 Å². The number of hydrogen-bond donors (Lipinski definition) is 0. The summed E-state index contributed by atoms with van der Waals surface area (Å²) in [5.74, 6) is 1.56. The van der Waals surface area contributed by atoms with Gasteiger partial charge in [0.1, 0.15) is 0 Å². The number of ketones is 1. The van der Waals surface area contributed by atoms with Gasteiger partial charge >= 0.3 is 0 Å². The van der Waals surface area contributed by atoms with Crippen molar-refractivity contribution >= 4 is 5.78 Å². The number of carbonyl (C=O) groups is 1. The predicted octanol–water partition coefficient (Wildman–Crippen LogP) is 3.35. The third-order valence-electron chi connectivity index (χ3n) is 2.90. The summed E-state index contributed by atoms with van der Waals surface area (Å²) >= 11 is 0. The number of hydrogen-bond acceptors (Lipinski definition) is 1. The van der Waals surface area contributed by atoms with Crippen LogP contribution in [-0.2, 0) is 4.79 Å². The van der Waals surface area contributed by atoms with E-state index in [1.54, 1.807) is 6.92 Å². The Bertz CT molecular complexity index is 213. The zero-order valence-electron chi connectivity index (χ0n) is 8.97. The lowest BCUT2D eigenvalue weighted by molar-refractivity contribution is -0.112. The first-order valence-corrected chi connectivity index (χ1v) is 5.32. The van der Waals surface area contributed by atoms with Crippen molar-refractivity contribution in [2.75, 3.05) is 0 Å². The summed E-state index contributed by atoms with van der Waals surface area (Å²) in [6, 6.07) is 0. The molecule has 0 bridgehead atoms. The summed E-state index contributed by atoms with van der Waals surface area (Å²) in [5.41, 5.74) is 1.40. The average molecular weight is 180 g/mol. The van der Waals surface area contributed by atoms with E-state index in [1.807, 2.05) is 6.08 Å². The van der Waals surface area contributed by atoms with Crippen LogP contribution in [0.3, 0.4) is 0 Å². The van der Waals surface area contributed by atoms with Crippen LogP contribution < -0.4 is 0 Å². The molecule has 1 aliphatic carbocycles. The second-order valence-electron chi connectivity index (χ2n) is 4.43. The van der Waals surface area contributed by atoms with Crippen LogP contribution in [0.2, 0.25) is 0 Å². The number of carbonyl (C=O) groups excluding carboxylic acids is 1. The Kier molecular flexibility index (Phi) is 3.71. The monoisotopic (exact) mass is 180 g/mol. The molecule has 0 N–H and O–H groups in total. The lowest BCUT2D eigenvalue weighted by atomic mass is 9.77. The summed E-state index contributed by atoms with van der Waals surface area (Å²) in [6.45, 7) is 6.16. The Balaban J connectivity index is 2.72. The molecule has 0 amide bonds. The summed E-state index contributed by atoms with van der Waals surface area (Å²) in [6.07, 6.45) is 6.88. The molecule has 0 aromatic heterocycles. The second kappa shape index (κ2) is 4.59. The Labute approximate surface area is 81.2 Å². The molecular weight excluding hydrogens is 160 g/mol. The van der Waals surface area contributed by atoms with E-state index in [0.29, 0.717) is 11.8 Å². The van der Waals surface area contributed by atoms with Crippen molar-refractivity contribution < 1.29 is 4.79 Å². The maximum atomic E-state index is 11.0. The summed E-state index contributed by atoms with van der Waals surface area (Å²) in [7, 11) is 0. The Hall–Kier alpha value is -0.590. The van der Waals surface area contributed by atoms with Crippen LogP contribution in [0.4, 0.5) is 0 Å². The van der Waals surface area contributed by atoms with Gasteiger partial charge in [0.05, 0.1) is 0 Å². The minimum absolute atomic E-state index is 0.211.